The Morgan fingerprint density at radius 1 is 0.759 bits per heavy atom. The quantitative estimate of drug-likeness (QED) is 0.652. The smallest absolute Gasteiger partial charge is 0.240 e. The third-order valence-corrected chi connectivity index (χ3v) is 6.92. The Kier molecular flexibility index (Phi) is 6.25. The summed E-state index contributed by atoms with van der Waals surface area (Å²) in [6, 6.07) is 23.6. The molecule has 0 saturated carbocycles. The van der Waals surface area contributed by atoms with Crippen LogP contribution in [0, 0.1) is 0 Å². The number of nitrogens with one attached hydrogen (secondary N) is 1. The van der Waals surface area contributed by atoms with Crippen LogP contribution in [0.4, 0.5) is 0 Å². The van der Waals surface area contributed by atoms with Crippen LogP contribution >= 0.6 is 0 Å². The average molecular weight is 410 g/mol. The molecule has 1 aliphatic rings. The van der Waals surface area contributed by atoms with E-state index in [1.54, 1.807) is 12.1 Å². The molecule has 1 fully saturated rings. The molecule has 4 rings (SSSR count). The second kappa shape index (κ2) is 9.05. The van der Waals surface area contributed by atoms with Gasteiger partial charge in [0.2, 0.25) is 10.0 Å². The van der Waals surface area contributed by atoms with E-state index in [2.05, 4.69) is 38.8 Å². The number of piperazine rings is 1. The van der Waals surface area contributed by atoms with Crippen LogP contribution in [0.5, 0.6) is 0 Å². The van der Waals surface area contributed by atoms with Gasteiger partial charge in [-0.25, -0.2) is 13.1 Å². The van der Waals surface area contributed by atoms with Crippen LogP contribution in [0.3, 0.4) is 0 Å². The van der Waals surface area contributed by atoms with Crippen molar-refractivity contribution in [2.45, 2.75) is 11.4 Å². The van der Waals surface area contributed by atoms with Gasteiger partial charge in [-0.3, -0.25) is 9.80 Å². The highest BCUT2D eigenvalue weighted by molar-refractivity contribution is 7.89. The Labute approximate surface area is 173 Å². The molecule has 1 aliphatic heterocycles. The molecular weight excluding hydrogens is 382 g/mol. The molecule has 3 aromatic rings. The molecule has 152 valence electrons. The maximum Gasteiger partial charge on any atom is 0.240 e. The van der Waals surface area contributed by atoms with E-state index >= 15 is 0 Å². The van der Waals surface area contributed by atoms with Crippen LogP contribution in [-0.4, -0.2) is 57.5 Å². The lowest BCUT2D eigenvalue weighted by Gasteiger charge is -2.34. The van der Waals surface area contributed by atoms with Crippen molar-refractivity contribution in [2.24, 2.45) is 0 Å². The normalized spacial score (nSPS) is 16.3. The molecule has 29 heavy (non-hydrogen) atoms. The minimum absolute atomic E-state index is 0.323. The molecule has 0 unspecified atom stereocenters. The summed E-state index contributed by atoms with van der Waals surface area (Å²) in [5, 5.41) is 1.98. The van der Waals surface area contributed by atoms with E-state index in [0.717, 1.165) is 50.0 Å². The Morgan fingerprint density at radius 2 is 1.41 bits per heavy atom. The first-order valence-corrected chi connectivity index (χ1v) is 11.6. The van der Waals surface area contributed by atoms with Crippen molar-refractivity contribution in [3.63, 3.8) is 0 Å². The van der Waals surface area contributed by atoms with Gasteiger partial charge >= 0.3 is 0 Å². The highest BCUT2D eigenvalue weighted by Gasteiger charge is 2.18. The lowest BCUT2D eigenvalue weighted by atomic mass is 10.1. The zero-order chi connectivity index (χ0) is 20.1. The van der Waals surface area contributed by atoms with E-state index in [-0.39, 0.29) is 0 Å². The number of hydrogen-bond donors (Lipinski definition) is 1. The predicted molar refractivity (Wildman–Crippen MR) is 117 cm³/mol. The molecule has 1 heterocycles. The summed E-state index contributed by atoms with van der Waals surface area (Å²) < 4.78 is 28.0. The summed E-state index contributed by atoms with van der Waals surface area (Å²) in [4.78, 5) is 5.10. The molecule has 0 bridgehead atoms. The fourth-order valence-electron chi connectivity index (χ4n) is 3.77. The van der Waals surface area contributed by atoms with E-state index < -0.39 is 10.0 Å². The van der Waals surface area contributed by atoms with Crippen molar-refractivity contribution >= 4 is 20.8 Å². The Bertz CT molecular complexity index is 1050. The molecule has 0 aromatic heterocycles. The summed E-state index contributed by atoms with van der Waals surface area (Å²) >= 11 is 0. The summed E-state index contributed by atoms with van der Waals surface area (Å²) in [7, 11) is -3.49. The third-order valence-electron chi connectivity index (χ3n) is 5.47. The van der Waals surface area contributed by atoms with Crippen LogP contribution in [0.1, 0.15) is 5.56 Å². The van der Waals surface area contributed by atoms with Crippen molar-refractivity contribution < 1.29 is 8.42 Å². The van der Waals surface area contributed by atoms with Crippen LogP contribution < -0.4 is 4.72 Å². The first-order valence-electron chi connectivity index (χ1n) is 10.1. The number of hydrogen-bond acceptors (Lipinski definition) is 4. The van der Waals surface area contributed by atoms with Gasteiger partial charge in [-0.1, -0.05) is 60.7 Å². The predicted octanol–water partition coefficient (Wildman–Crippen LogP) is 2.94. The van der Waals surface area contributed by atoms with E-state index in [9.17, 15) is 8.42 Å². The van der Waals surface area contributed by atoms with E-state index in [0.29, 0.717) is 11.4 Å². The minimum atomic E-state index is -3.49. The highest BCUT2D eigenvalue weighted by atomic mass is 32.2. The molecule has 0 amide bonds. The summed E-state index contributed by atoms with van der Waals surface area (Å²) in [6.07, 6.45) is 0. The van der Waals surface area contributed by atoms with Crippen molar-refractivity contribution in [3.8, 4) is 0 Å². The molecule has 6 heteroatoms. The van der Waals surface area contributed by atoms with E-state index in [1.807, 2.05) is 36.4 Å². The van der Waals surface area contributed by atoms with Gasteiger partial charge in [-0.15, -0.1) is 0 Å². The van der Waals surface area contributed by atoms with E-state index in [4.69, 9.17) is 0 Å². The maximum absolute atomic E-state index is 12.6. The SMILES string of the molecule is O=S(=O)(NCCN1CCN(Cc2ccccc2)CC1)c1ccc2ccccc2c1. The first-order chi connectivity index (χ1) is 14.1. The monoisotopic (exact) mass is 409 g/mol. The van der Waals surface area contributed by atoms with Crippen LogP contribution in [0.25, 0.3) is 10.8 Å². The lowest BCUT2D eigenvalue weighted by molar-refractivity contribution is 0.129. The Morgan fingerprint density at radius 3 is 2.17 bits per heavy atom. The topological polar surface area (TPSA) is 52.7 Å². The maximum atomic E-state index is 12.6. The number of benzene rings is 3. The second-order valence-electron chi connectivity index (χ2n) is 7.51. The van der Waals surface area contributed by atoms with Gasteiger partial charge in [-0.2, -0.15) is 0 Å². The highest BCUT2D eigenvalue weighted by Crippen LogP contribution is 2.18. The van der Waals surface area contributed by atoms with Gasteiger partial charge in [0.15, 0.2) is 0 Å². The van der Waals surface area contributed by atoms with Crippen LogP contribution in [0.2, 0.25) is 0 Å². The van der Waals surface area contributed by atoms with E-state index in [1.165, 1.54) is 5.56 Å². The number of sulfonamides is 1. The van der Waals surface area contributed by atoms with Gasteiger partial charge in [-0.05, 0) is 28.5 Å². The summed E-state index contributed by atoms with van der Waals surface area (Å²) in [5.74, 6) is 0. The van der Waals surface area contributed by atoms with Crippen LogP contribution in [-0.2, 0) is 16.6 Å². The molecule has 3 aromatic carbocycles. The number of fused-ring (bicyclic) bond motifs is 1. The molecule has 0 spiro atoms. The van der Waals surface area contributed by atoms with Gasteiger partial charge in [0.05, 0.1) is 4.90 Å². The second-order valence-corrected chi connectivity index (χ2v) is 9.28. The number of rotatable bonds is 7. The lowest BCUT2D eigenvalue weighted by Crippen LogP contribution is -2.48. The van der Waals surface area contributed by atoms with Gasteiger partial charge in [0, 0.05) is 45.8 Å². The van der Waals surface area contributed by atoms with Crippen molar-refractivity contribution in [2.75, 3.05) is 39.3 Å². The van der Waals surface area contributed by atoms with Gasteiger partial charge in [0.25, 0.3) is 0 Å². The molecule has 0 aliphatic carbocycles. The van der Waals surface area contributed by atoms with Crippen molar-refractivity contribution in [1.82, 2.24) is 14.5 Å². The number of nitrogens with zero attached hydrogens (tertiary/aromatic N) is 2. The molecular formula is C23H27N3O2S. The summed E-state index contributed by atoms with van der Waals surface area (Å²) in [6.45, 7) is 6.07. The average Bonchev–Trinajstić information content (AvgIpc) is 2.75. The summed E-state index contributed by atoms with van der Waals surface area (Å²) in [5.41, 5.74) is 1.34. The van der Waals surface area contributed by atoms with Gasteiger partial charge in [0.1, 0.15) is 0 Å². The molecule has 1 saturated heterocycles. The minimum Gasteiger partial charge on any atom is -0.299 e. The zero-order valence-electron chi connectivity index (χ0n) is 16.5. The standard InChI is InChI=1S/C23H27N3O2S/c27-29(28,23-11-10-21-8-4-5-9-22(21)18-23)24-12-13-25-14-16-26(17-15-25)19-20-6-2-1-3-7-20/h1-11,18,24H,12-17,19H2. The van der Waals surface area contributed by atoms with Crippen molar-refractivity contribution in [3.05, 3.63) is 78.4 Å². The fourth-order valence-corrected chi connectivity index (χ4v) is 4.82. The first kappa shape index (κ1) is 20.0. The molecule has 0 radical (unpaired) electrons. The molecule has 1 N–H and O–H groups in total. The zero-order valence-corrected chi connectivity index (χ0v) is 17.3. The third kappa shape index (κ3) is 5.22. The van der Waals surface area contributed by atoms with Gasteiger partial charge < -0.3 is 0 Å². The fraction of sp³-hybridized carbons (Fsp3) is 0.304. The Hall–Kier alpha value is -2.25. The van der Waals surface area contributed by atoms with Crippen molar-refractivity contribution in [1.29, 1.82) is 0 Å². The Balaban J connectivity index is 1.25. The van der Waals surface area contributed by atoms with Crippen LogP contribution in [0.15, 0.2) is 77.7 Å². The molecule has 0 atom stereocenters. The molecule has 5 nitrogen and oxygen atoms in total. The largest absolute Gasteiger partial charge is 0.299 e.